The van der Waals surface area contributed by atoms with Crippen molar-refractivity contribution >= 4 is 27.6 Å². The van der Waals surface area contributed by atoms with Crippen molar-refractivity contribution in [3.05, 3.63) is 59.4 Å². The predicted octanol–water partition coefficient (Wildman–Crippen LogP) is 1.85. The van der Waals surface area contributed by atoms with Crippen LogP contribution in [-0.2, 0) is 24.3 Å². The van der Waals surface area contributed by atoms with E-state index in [1.165, 1.54) is 43.3 Å². The number of nitriles is 1. The van der Waals surface area contributed by atoms with Gasteiger partial charge in [0.2, 0.25) is 10.0 Å². The number of carbonyl (C=O) groups excluding carboxylic acids is 2. The summed E-state index contributed by atoms with van der Waals surface area (Å²) in [6, 6.07) is 11.1. The summed E-state index contributed by atoms with van der Waals surface area (Å²) < 4.78 is 44.7. The van der Waals surface area contributed by atoms with Gasteiger partial charge in [-0.25, -0.2) is 12.8 Å². The molecular formula is C19H18FN3O5S. The van der Waals surface area contributed by atoms with Gasteiger partial charge in [0.15, 0.2) is 6.10 Å². The molecule has 0 aliphatic rings. The van der Waals surface area contributed by atoms with Crippen molar-refractivity contribution in [2.75, 3.05) is 11.9 Å². The zero-order valence-electron chi connectivity index (χ0n) is 15.6. The fourth-order valence-corrected chi connectivity index (χ4v) is 3.12. The standard InChI is InChI=1S/C19H18FN3O5S/c1-12-3-6-15(9-17(12)20)23-19(25)13(2)28-18(24)11-22-29(26,27)16-7-4-14(10-21)5-8-16/h3-9,13,22H,11H2,1-2H3,(H,23,25). The third kappa shape index (κ3) is 6.10. The van der Waals surface area contributed by atoms with Crippen LogP contribution in [0.5, 0.6) is 0 Å². The highest BCUT2D eigenvalue weighted by Crippen LogP contribution is 2.14. The summed E-state index contributed by atoms with van der Waals surface area (Å²) in [5.41, 5.74) is 0.899. The Bertz CT molecular complexity index is 1060. The van der Waals surface area contributed by atoms with Crippen LogP contribution in [0.4, 0.5) is 10.1 Å². The fraction of sp³-hybridized carbons (Fsp3) is 0.211. The van der Waals surface area contributed by atoms with E-state index in [0.717, 1.165) is 6.07 Å². The van der Waals surface area contributed by atoms with Crippen molar-refractivity contribution in [2.45, 2.75) is 24.8 Å². The molecule has 0 spiro atoms. The summed E-state index contributed by atoms with van der Waals surface area (Å²) in [5, 5.41) is 11.1. The molecule has 0 saturated carbocycles. The fourth-order valence-electron chi connectivity index (χ4n) is 2.15. The second kappa shape index (κ2) is 9.27. The molecular weight excluding hydrogens is 401 g/mol. The predicted molar refractivity (Wildman–Crippen MR) is 102 cm³/mol. The normalized spacial score (nSPS) is 11.9. The zero-order chi connectivity index (χ0) is 21.6. The number of aryl methyl sites for hydroxylation is 1. The Morgan fingerprint density at radius 3 is 2.45 bits per heavy atom. The average molecular weight is 419 g/mol. The number of hydrogen-bond donors (Lipinski definition) is 2. The lowest BCUT2D eigenvalue weighted by molar-refractivity contribution is -0.151. The number of ether oxygens (including phenoxy) is 1. The second-order valence-corrected chi connectivity index (χ2v) is 7.81. The number of nitrogens with zero attached hydrogens (tertiary/aromatic N) is 1. The number of halogens is 1. The van der Waals surface area contributed by atoms with Gasteiger partial charge in [0.1, 0.15) is 12.4 Å². The Morgan fingerprint density at radius 1 is 1.21 bits per heavy atom. The molecule has 1 amide bonds. The van der Waals surface area contributed by atoms with E-state index in [-0.39, 0.29) is 16.1 Å². The first-order chi connectivity index (χ1) is 13.6. The summed E-state index contributed by atoms with van der Waals surface area (Å²) in [7, 11) is -4.00. The van der Waals surface area contributed by atoms with Crippen LogP contribution in [0.3, 0.4) is 0 Å². The lowest BCUT2D eigenvalue weighted by Gasteiger charge is -2.14. The molecule has 29 heavy (non-hydrogen) atoms. The van der Waals surface area contributed by atoms with Gasteiger partial charge in [0.25, 0.3) is 5.91 Å². The van der Waals surface area contributed by atoms with E-state index in [2.05, 4.69) is 10.0 Å². The van der Waals surface area contributed by atoms with Crippen molar-refractivity contribution in [3.63, 3.8) is 0 Å². The minimum absolute atomic E-state index is 0.128. The highest BCUT2D eigenvalue weighted by atomic mass is 32.2. The SMILES string of the molecule is Cc1ccc(NC(=O)C(C)OC(=O)CNS(=O)(=O)c2ccc(C#N)cc2)cc1F. The van der Waals surface area contributed by atoms with Crippen molar-refractivity contribution in [1.82, 2.24) is 4.72 Å². The Hall–Kier alpha value is -3.29. The Morgan fingerprint density at radius 2 is 1.86 bits per heavy atom. The van der Waals surface area contributed by atoms with Crippen molar-refractivity contribution in [2.24, 2.45) is 0 Å². The lowest BCUT2D eigenvalue weighted by atomic mass is 10.2. The Kier molecular flexibility index (Phi) is 7.03. The first-order valence-electron chi connectivity index (χ1n) is 8.38. The molecule has 0 aliphatic heterocycles. The third-order valence-corrected chi connectivity index (χ3v) is 5.23. The van der Waals surface area contributed by atoms with E-state index >= 15 is 0 Å². The van der Waals surface area contributed by atoms with Crippen LogP contribution in [0.1, 0.15) is 18.1 Å². The maximum absolute atomic E-state index is 13.5. The number of carbonyl (C=O) groups is 2. The second-order valence-electron chi connectivity index (χ2n) is 6.05. The molecule has 0 aliphatic carbocycles. The molecule has 0 aromatic heterocycles. The Labute approximate surface area is 167 Å². The number of hydrogen-bond acceptors (Lipinski definition) is 6. The molecule has 2 aromatic rings. The molecule has 0 saturated heterocycles. The van der Waals surface area contributed by atoms with Gasteiger partial charge < -0.3 is 10.1 Å². The highest BCUT2D eigenvalue weighted by molar-refractivity contribution is 7.89. The summed E-state index contributed by atoms with van der Waals surface area (Å²) in [5.74, 6) is -2.17. The average Bonchev–Trinajstić information content (AvgIpc) is 2.69. The van der Waals surface area contributed by atoms with Gasteiger partial charge in [-0.2, -0.15) is 9.98 Å². The monoisotopic (exact) mass is 419 g/mol. The van der Waals surface area contributed by atoms with Crippen molar-refractivity contribution < 1.29 is 27.1 Å². The smallest absolute Gasteiger partial charge is 0.321 e. The number of esters is 1. The summed E-state index contributed by atoms with van der Waals surface area (Å²) in [6.45, 7) is 2.18. The van der Waals surface area contributed by atoms with Gasteiger partial charge in [0.05, 0.1) is 16.5 Å². The van der Waals surface area contributed by atoms with Crippen LogP contribution in [0.25, 0.3) is 0 Å². The van der Waals surface area contributed by atoms with E-state index < -0.39 is 40.4 Å². The quantitative estimate of drug-likeness (QED) is 0.660. The molecule has 2 aromatic carbocycles. The third-order valence-electron chi connectivity index (χ3n) is 3.82. The van der Waals surface area contributed by atoms with Crippen LogP contribution in [-0.4, -0.2) is 32.9 Å². The van der Waals surface area contributed by atoms with E-state index in [0.29, 0.717) is 5.56 Å². The van der Waals surface area contributed by atoms with Crippen LogP contribution in [0.15, 0.2) is 47.4 Å². The van der Waals surface area contributed by atoms with Gasteiger partial charge in [-0.15, -0.1) is 0 Å². The van der Waals surface area contributed by atoms with Crippen molar-refractivity contribution in [1.29, 1.82) is 5.26 Å². The minimum atomic E-state index is -4.00. The van der Waals surface area contributed by atoms with Gasteiger partial charge in [-0.05, 0) is 55.8 Å². The molecule has 0 bridgehead atoms. The molecule has 8 nitrogen and oxygen atoms in total. The molecule has 2 N–H and O–H groups in total. The number of amides is 1. The Balaban J connectivity index is 1.89. The van der Waals surface area contributed by atoms with Crippen LogP contribution >= 0.6 is 0 Å². The topological polar surface area (TPSA) is 125 Å². The first kappa shape index (κ1) is 22.0. The molecule has 10 heteroatoms. The zero-order valence-corrected chi connectivity index (χ0v) is 16.4. The molecule has 0 fully saturated rings. The molecule has 2 rings (SSSR count). The summed E-state index contributed by atoms with van der Waals surface area (Å²) in [4.78, 5) is 23.8. The van der Waals surface area contributed by atoms with E-state index in [4.69, 9.17) is 10.00 Å². The largest absolute Gasteiger partial charge is 0.452 e. The molecule has 1 unspecified atom stereocenters. The van der Waals surface area contributed by atoms with Gasteiger partial charge in [-0.3, -0.25) is 9.59 Å². The van der Waals surface area contributed by atoms with Crippen LogP contribution < -0.4 is 10.0 Å². The highest BCUT2D eigenvalue weighted by Gasteiger charge is 2.21. The molecule has 0 heterocycles. The van der Waals surface area contributed by atoms with E-state index in [1.54, 1.807) is 6.92 Å². The van der Waals surface area contributed by atoms with Gasteiger partial charge in [0, 0.05) is 5.69 Å². The van der Waals surface area contributed by atoms with Crippen molar-refractivity contribution in [3.8, 4) is 6.07 Å². The molecule has 0 radical (unpaired) electrons. The number of sulfonamides is 1. The molecule has 1 atom stereocenters. The number of rotatable bonds is 7. The summed E-state index contributed by atoms with van der Waals surface area (Å²) in [6.07, 6.45) is -1.23. The first-order valence-corrected chi connectivity index (χ1v) is 9.87. The maximum atomic E-state index is 13.5. The van der Waals surface area contributed by atoms with E-state index in [1.807, 2.05) is 6.07 Å². The van der Waals surface area contributed by atoms with Crippen LogP contribution in [0.2, 0.25) is 0 Å². The van der Waals surface area contributed by atoms with Gasteiger partial charge in [-0.1, -0.05) is 6.07 Å². The number of nitrogens with one attached hydrogen (secondary N) is 2. The molecule has 152 valence electrons. The van der Waals surface area contributed by atoms with Gasteiger partial charge >= 0.3 is 5.97 Å². The summed E-state index contributed by atoms with van der Waals surface area (Å²) >= 11 is 0. The number of benzene rings is 2. The van der Waals surface area contributed by atoms with E-state index in [9.17, 15) is 22.4 Å². The van der Waals surface area contributed by atoms with Crippen LogP contribution in [0, 0.1) is 24.1 Å². The minimum Gasteiger partial charge on any atom is -0.452 e. The lowest BCUT2D eigenvalue weighted by Crippen LogP contribution is -2.35. The maximum Gasteiger partial charge on any atom is 0.321 e. The number of anilines is 1.